The highest BCUT2D eigenvalue weighted by molar-refractivity contribution is 6.31. The summed E-state index contributed by atoms with van der Waals surface area (Å²) in [6, 6.07) is 6.35. The van der Waals surface area contributed by atoms with E-state index in [-0.39, 0.29) is 28.9 Å². The number of hydrogen-bond donors (Lipinski definition) is 1. The van der Waals surface area contributed by atoms with Gasteiger partial charge in [0.1, 0.15) is 18.5 Å². The second-order valence-corrected chi connectivity index (χ2v) is 5.89. The summed E-state index contributed by atoms with van der Waals surface area (Å²) in [5.41, 5.74) is 0.0902. The van der Waals surface area contributed by atoms with Gasteiger partial charge in [-0.1, -0.05) is 31.5 Å². The van der Waals surface area contributed by atoms with Crippen molar-refractivity contribution in [2.75, 3.05) is 0 Å². The zero-order chi connectivity index (χ0) is 17.7. The highest BCUT2D eigenvalue weighted by atomic mass is 35.5. The van der Waals surface area contributed by atoms with Crippen LogP contribution in [0, 0.1) is 11.7 Å². The number of carbonyl (C=O) groups is 2. The maximum absolute atomic E-state index is 13.7. The Morgan fingerprint density at radius 3 is 2.62 bits per heavy atom. The minimum atomic E-state index is -0.895. The minimum Gasteiger partial charge on any atom is -0.459 e. The number of hydrogen-bond acceptors (Lipinski definition) is 4. The number of esters is 1. The molecule has 0 fully saturated rings. The maximum Gasteiger partial charge on any atom is 0.329 e. The normalized spacial score (nSPS) is 12.0. The fraction of sp³-hybridized carbons (Fsp3) is 0.294. The Balaban J connectivity index is 2.03. The molecule has 0 spiro atoms. The fourth-order valence-corrected chi connectivity index (χ4v) is 2.24. The number of ether oxygens (including phenoxy) is 1. The third-order valence-electron chi connectivity index (χ3n) is 3.37. The summed E-state index contributed by atoms with van der Waals surface area (Å²) in [6.45, 7) is 3.19. The molecule has 5 nitrogen and oxygen atoms in total. The van der Waals surface area contributed by atoms with E-state index in [1.54, 1.807) is 19.9 Å². The van der Waals surface area contributed by atoms with Gasteiger partial charge in [-0.25, -0.2) is 9.18 Å². The fourth-order valence-electron chi connectivity index (χ4n) is 2.02. The average molecular weight is 354 g/mol. The lowest BCUT2D eigenvalue weighted by Gasteiger charge is -2.20. The van der Waals surface area contributed by atoms with Gasteiger partial charge in [0, 0.05) is 5.56 Å². The number of carbonyl (C=O) groups excluding carboxylic acids is 2. The molecule has 0 aliphatic heterocycles. The SMILES string of the molecule is CC(C)[C@H](NC(=O)c1ccco1)C(=O)OCc1c(F)cccc1Cl. The van der Waals surface area contributed by atoms with Crippen molar-refractivity contribution in [2.24, 2.45) is 5.92 Å². The van der Waals surface area contributed by atoms with Crippen molar-refractivity contribution in [1.82, 2.24) is 5.32 Å². The summed E-state index contributed by atoms with van der Waals surface area (Å²) in [7, 11) is 0. The van der Waals surface area contributed by atoms with Crippen LogP contribution in [0.15, 0.2) is 41.0 Å². The first-order chi connectivity index (χ1) is 11.4. The molecule has 1 aromatic heterocycles. The van der Waals surface area contributed by atoms with Crippen LogP contribution in [-0.4, -0.2) is 17.9 Å². The third kappa shape index (κ3) is 4.35. The summed E-state index contributed by atoms with van der Waals surface area (Å²) in [5.74, 6) is -1.90. The maximum atomic E-state index is 13.7. The Morgan fingerprint density at radius 2 is 2.04 bits per heavy atom. The molecular formula is C17H17ClFNO4. The molecule has 2 aromatic rings. The first-order valence-electron chi connectivity index (χ1n) is 7.34. The summed E-state index contributed by atoms with van der Waals surface area (Å²) >= 11 is 5.89. The Bertz CT molecular complexity index is 695. The van der Waals surface area contributed by atoms with Gasteiger partial charge in [-0.2, -0.15) is 0 Å². The number of halogens is 2. The second kappa shape index (κ2) is 7.97. The van der Waals surface area contributed by atoms with Gasteiger partial charge in [0.2, 0.25) is 0 Å². The predicted molar refractivity (Wildman–Crippen MR) is 86.0 cm³/mol. The molecule has 2 rings (SSSR count). The molecule has 0 radical (unpaired) electrons. The monoisotopic (exact) mass is 353 g/mol. The van der Waals surface area contributed by atoms with Crippen molar-refractivity contribution in [3.63, 3.8) is 0 Å². The summed E-state index contributed by atoms with van der Waals surface area (Å²) in [6.07, 6.45) is 1.36. The molecule has 24 heavy (non-hydrogen) atoms. The molecule has 1 atom stereocenters. The zero-order valence-electron chi connectivity index (χ0n) is 13.2. The van der Waals surface area contributed by atoms with E-state index in [2.05, 4.69) is 5.32 Å². The van der Waals surface area contributed by atoms with Gasteiger partial charge in [0.05, 0.1) is 11.3 Å². The Morgan fingerprint density at radius 1 is 1.29 bits per heavy atom. The van der Waals surface area contributed by atoms with Crippen LogP contribution in [0.2, 0.25) is 5.02 Å². The van der Waals surface area contributed by atoms with E-state index in [0.29, 0.717) is 0 Å². The van der Waals surface area contributed by atoms with E-state index in [9.17, 15) is 14.0 Å². The Hall–Kier alpha value is -2.34. The first kappa shape index (κ1) is 18.0. The van der Waals surface area contributed by atoms with Crippen LogP contribution >= 0.6 is 11.6 Å². The average Bonchev–Trinajstić information content (AvgIpc) is 3.05. The van der Waals surface area contributed by atoms with Crippen LogP contribution in [-0.2, 0) is 16.1 Å². The van der Waals surface area contributed by atoms with Gasteiger partial charge in [0.25, 0.3) is 5.91 Å². The molecule has 1 amide bonds. The van der Waals surface area contributed by atoms with Crippen LogP contribution < -0.4 is 5.32 Å². The van der Waals surface area contributed by atoms with Gasteiger partial charge in [-0.05, 0) is 30.2 Å². The smallest absolute Gasteiger partial charge is 0.329 e. The largest absolute Gasteiger partial charge is 0.459 e. The molecule has 128 valence electrons. The molecule has 0 saturated heterocycles. The molecule has 0 aliphatic carbocycles. The van der Waals surface area contributed by atoms with Crippen LogP contribution in [0.3, 0.4) is 0 Å². The van der Waals surface area contributed by atoms with Crippen molar-refractivity contribution >= 4 is 23.5 Å². The highest BCUT2D eigenvalue weighted by Gasteiger charge is 2.27. The summed E-state index contributed by atoms with van der Waals surface area (Å²) in [4.78, 5) is 24.3. The van der Waals surface area contributed by atoms with Crippen LogP contribution in [0.1, 0.15) is 30.0 Å². The van der Waals surface area contributed by atoms with Gasteiger partial charge in [0.15, 0.2) is 5.76 Å². The molecular weight excluding hydrogens is 337 g/mol. The van der Waals surface area contributed by atoms with Gasteiger partial charge in [-0.3, -0.25) is 4.79 Å². The van der Waals surface area contributed by atoms with E-state index in [1.807, 2.05) is 0 Å². The number of amides is 1. The first-order valence-corrected chi connectivity index (χ1v) is 7.72. The van der Waals surface area contributed by atoms with Gasteiger partial charge in [-0.15, -0.1) is 0 Å². The standard InChI is InChI=1S/C17H17ClFNO4/c1-10(2)15(20-16(21)14-7-4-8-23-14)17(22)24-9-11-12(18)5-3-6-13(11)19/h3-8,10,15H,9H2,1-2H3,(H,20,21)/t15-/m0/s1. The second-order valence-electron chi connectivity index (χ2n) is 5.48. The topological polar surface area (TPSA) is 68.5 Å². The van der Waals surface area contributed by atoms with Gasteiger partial charge >= 0.3 is 5.97 Å². The number of furan rings is 1. The van der Waals surface area contributed by atoms with Crippen molar-refractivity contribution in [2.45, 2.75) is 26.5 Å². The predicted octanol–water partition coefficient (Wildman–Crippen LogP) is 3.57. The highest BCUT2D eigenvalue weighted by Crippen LogP contribution is 2.20. The summed E-state index contributed by atoms with van der Waals surface area (Å²) < 4.78 is 23.8. The van der Waals surface area contributed by atoms with Crippen LogP contribution in [0.25, 0.3) is 0 Å². The minimum absolute atomic E-state index is 0.0885. The zero-order valence-corrected chi connectivity index (χ0v) is 14.0. The lowest BCUT2D eigenvalue weighted by molar-refractivity contribution is -0.148. The van der Waals surface area contributed by atoms with E-state index in [4.69, 9.17) is 20.8 Å². The van der Waals surface area contributed by atoms with Crippen molar-refractivity contribution in [3.8, 4) is 0 Å². The Labute approximate surface area is 143 Å². The van der Waals surface area contributed by atoms with Crippen molar-refractivity contribution in [3.05, 3.63) is 58.8 Å². The molecule has 1 N–H and O–H groups in total. The van der Waals surface area contributed by atoms with E-state index in [0.717, 1.165) is 0 Å². The molecule has 1 aromatic carbocycles. The number of nitrogens with one attached hydrogen (secondary N) is 1. The molecule has 0 unspecified atom stereocenters. The lowest BCUT2D eigenvalue weighted by Crippen LogP contribution is -2.45. The number of benzene rings is 1. The van der Waals surface area contributed by atoms with E-state index in [1.165, 1.54) is 30.5 Å². The quantitative estimate of drug-likeness (QED) is 0.806. The van der Waals surface area contributed by atoms with E-state index >= 15 is 0 Å². The molecule has 0 saturated carbocycles. The molecule has 0 bridgehead atoms. The molecule has 7 heteroatoms. The third-order valence-corrected chi connectivity index (χ3v) is 3.73. The molecule has 1 heterocycles. The molecule has 0 aliphatic rings. The van der Waals surface area contributed by atoms with Crippen molar-refractivity contribution < 1.29 is 23.1 Å². The summed E-state index contributed by atoms with van der Waals surface area (Å²) in [5, 5.41) is 2.72. The number of rotatable bonds is 6. The van der Waals surface area contributed by atoms with Crippen LogP contribution in [0.4, 0.5) is 4.39 Å². The van der Waals surface area contributed by atoms with E-state index < -0.39 is 23.7 Å². The Kier molecular flexibility index (Phi) is 5.98. The lowest BCUT2D eigenvalue weighted by atomic mass is 10.0. The van der Waals surface area contributed by atoms with Gasteiger partial charge < -0.3 is 14.5 Å². The van der Waals surface area contributed by atoms with Crippen molar-refractivity contribution in [1.29, 1.82) is 0 Å². The van der Waals surface area contributed by atoms with Crippen LogP contribution in [0.5, 0.6) is 0 Å².